The van der Waals surface area contributed by atoms with Crippen molar-refractivity contribution in [1.29, 1.82) is 0 Å². The van der Waals surface area contributed by atoms with E-state index in [1.807, 2.05) is 30.3 Å². The summed E-state index contributed by atoms with van der Waals surface area (Å²) in [6, 6.07) is 12.9. The van der Waals surface area contributed by atoms with Crippen LogP contribution in [0.1, 0.15) is 21.5 Å². The lowest BCUT2D eigenvalue weighted by molar-refractivity contribution is 0.0950. The van der Waals surface area contributed by atoms with Gasteiger partial charge in [-0.15, -0.1) is 0 Å². The predicted molar refractivity (Wildman–Crippen MR) is 107 cm³/mol. The second-order valence-corrected chi connectivity index (χ2v) is 6.01. The van der Waals surface area contributed by atoms with Crippen LogP contribution in [-0.2, 0) is 13.1 Å². The number of pyridine rings is 2. The van der Waals surface area contributed by atoms with E-state index in [-0.39, 0.29) is 5.91 Å². The number of rotatable bonds is 8. The molecule has 2 heterocycles. The van der Waals surface area contributed by atoms with E-state index in [4.69, 9.17) is 9.47 Å². The van der Waals surface area contributed by atoms with Gasteiger partial charge >= 0.3 is 0 Å². The number of nitrogens with zero attached hydrogens (tertiary/aromatic N) is 2. The van der Waals surface area contributed by atoms with Gasteiger partial charge in [0.15, 0.2) is 11.5 Å². The van der Waals surface area contributed by atoms with Gasteiger partial charge < -0.3 is 20.1 Å². The minimum absolute atomic E-state index is 0.192. The molecule has 0 saturated heterocycles. The van der Waals surface area contributed by atoms with E-state index in [9.17, 15) is 4.79 Å². The topological polar surface area (TPSA) is 85.4 Å². The molecule has 1 amide bonds. The average molecular weight is 378 g/mol. The highest BCUT2D eigenvalue weighted by molar-refractivity contribution is 5.94. The molecule has 0 saturated carbocycles. The van der Waals surface area contributed by atoms with Crippen LogP contribution in [0.3, 0.4) is 0 Å². The van der Waals surface area contributed by atoms with Gasteiger partial charge in [-0.3, -0.25) is 9.78 Å². The number of benzene rings is 1. The molecule has 0 fully saturated rings. The Kier molecular flexibility index (Phi) is 6.41. The summed E-state index contributed by atoms with van der Waals surface area (Å²) < 4.78 is 10.5. The minimum Gasteiger partial charge on any atom is -0.493 e. The van der Waals surface area contributed by atoms with Crippen LogP contribution in [-0.4, -0.2) is 30.1 Å². The van der Waals surface area contributed by atoms with Gasteiger partial charge in [0.05, 0.1) is 19.8 Å². The molecule has 7 heteroatoms. The van der Waals surface area contributed by atoms with Crippen molar-refractivity contribution < 1.29 is 14.3 Å². The molecular formula is C21H22N4O3. The number of ether oxygens (including phenoxy) is 2. The van der Waals surface area contributed by atoms with Gasteiger partial charge in [-0.25, -0.2) is 4.98 Å². The monoisotopic (exact) mass is 378 g/mol. The summed E-state index contributed by atoms with van der Waals surface area (Å²) in [6.07, 6.45) is 5.05. The van der Waals surface area contributed by atoms with Crippen LogP contribution in [0.15, 0.2) is 61.1 Å². The smallest absolute Gasteiger partial charge is 0.253 e. The zero-order valence-corrected chi connectivity index (χ0v) is 15.8. The summed E-state index contributed by atoms with van der Waals surface area (Å²) in [5, 5.41) is 6.09. The maximum Gasteiger partial charge on any atom is 0.253 e. The standard InChI is InChI=1S/C21H22N4O3/c1-27-18-5-3-16(11-19(18)28-2)13-25-21(26)17-4-6-20(24-14-17)23-12-15-7-9-22-10-8-15/h3-11,14H,12-13H2,1-2H3,(H,23,24)(H,25,26). The molecule has 0 atom stereocenters. The largest absolute Gasteiger partial charge is 0.493 e. The Morgan fingerprint density at radius 2 is 1.71 bits per heavy atom. The first-order chi connectivity index (χ1) is 13.7. The maximum absolute atomic E-state index is 12.4. The summed E-state index contributed by atoms with van der Waals surface area (Å²) in [6.45, 7) is 1.02. The van der Waals surface area contributed by atoms with Gasteiger partial charge in [0, 0.05) is 31.7 Å². The van der Waals surface area contributed by atoms with Crippen molar-refractivity contribution >= 4 is 11.7 Å². The molecule has 1 aromatic carbocycles. The van der Waals surface area contributed by atoms with Crippen molar-refractivity contribution in [1.82, 2.24) is 15.3 Å². The van der Waals surface area contributed by atoms with E-state index in [0.717, 1.165) is 11.1 Å². The van der Waals surface area contributed by atoms with Crippen LogP contribution in [0.25, 0.3) is 0 Å². The second-order valence-electron chi connectivity index (χ2n) is 6.01. The van der Waals surface area contributed by atoms with Crippen molar-refractivity contribution in [2.45, 2.75) is 13.1 Å². The molecule has 28 heavy (non-hydrogen) atoms. The number of methoxy groups -OCH3 is 2. The molecule has 0 aliphatic carbocycles. The fraction of sp³-hybridized carbons (Fsp3) is 0.190. The van der Waals surface area contributed by atoms with Crippen LogP contribution in [0, 0.1) is 0 Å². The van der Waals surface area contributed by atoms with E-state index >= 15 is 0 Å². The Hall–Kier alpha value is -3.61. The number of aromatic nitrogens is 2. The van der Waals surface area contributed by atoms with Crippen LogP contribution in [0.5, 0.6) is 11.5 Å². The normalized spacial score (nSPS) is 10.2. The summed E-state index contributed by atoms with van der Waals surface area (Å²) in [5.41, 5.74) is 2.51. The number of carbonyl (C=O) groups is 1. The third-order valence-electron chi connectivity index (χ3n) is 4.15. The van der Waals surface area contributed by atoms with Crippen LogP contribution < -0.4 is 20.1 Å². The molecule has 7 nitrogen and oxygen atoms in total. The number of carbonyl (C=O) groups excluding carboxylic acids is 1. The highest BCUT2D eigenvalue weighted by Gasteiger charge is 2.08. The van der Waals surface area contributed by atoms with Gasteiger partial charge in [-0.05, 0) is 47.5 Å². The van der Waals surface area contributed by atoms with Gasteiger partial charge in [-0.1, -0.05) is 6.07 Å². The zero-order valence-electron chi connectivity index (χ0n) is 15.8. The summed E-state index contributed by atoms with van der Waals surface area (Å²) in [7, 11) is 3.16. The van der Waals surface area contributed by atoms with Crippen molar-refractivity contribution in [3.8, 4) is 11.5 Å². The number of anilines is 1. The third kappa shape index (κ3) is 4.97. The van der Waals surface area contributed by atoms with Crippen LogP contribution in [0.4, 0.5) is 5.82 Å². The first-order valence-electron chi connectivity index (χ1n) is 8.77. The molecule has 0 spiro atoms. The first-order valence-corrected chi connectivity index (χ1v) is 8.77. The molecule has 0 aliphatic heterocycles. The van der Waals surface area contributed by atoms with E-state index in [1.165, 1.54) is 0 Å². The van der Waals surface area contributed by atoms with Gasteiger partial charge in [0.1, 0.15) is 5.82 Å². The van der Waals surface area contributed by atoms with E-state index < -0.39 is 0 Å². The summed E-state index contributed by atoms with van der Waals surface area (Å²) in [5.74, 6) is 1.79. The zero-order chi connectivity index (χ0) is 19.8. The third-order valence-corrected chi connectivity index (χ3v) is 4.15. The minimum atomic E-state index is -0.192. The molecule has 0 aliphatic rings. The first kappa shape index (κ1) is 19.2. The molecule has 0 radical (unpaired) electrons. The number of nitrogens with one attached hydrogen (secondary N) is 2. The number of amides is 1. The lowest BCUT2D eigenvalue weighted by Gasteiger charge is -2.10. The molecular weight excluding hydrogens is 356 g/mol. The van der Waals surface area contributed by atoms with Crippen LogP contribution >= 0.6 is 0 Å². The van der Waals surface area contributed by atoms with Crippen molar-refractivity contribution in [3.63, 3.8) is 0 Å². The van der Waals surface area contributed by atoms with E-state index in [0.29, 0.717) is 36.0 Å². The highest BCUT2D eigenvalue weighted by Crippen LogP contribution is 2.27. The SMILES string of the molecule is COc1ccc(CNC(=O)c2ccc(NCc3ccncc3)nc2)cc1OC. The number of hydrogen-bond donors (Lipinski definition) is 2. The highest BCUT2D eigenvalue weighted by atomic mass is 16.5. The summed E-state index contributed by atoms with van der Waals surface area (Å²) in [4.78, 5) is 20.6. The number of hydrogen-bond acceptors (Lipinski definition) is 6. The Morgan fingerprint density at radius 3 is 2.39 bits per heavy atom. The summed E-state index contributed by atoms with van der Waals surface area (Å²) >= 11 is 0. The van der Waals surface area contributed by atoms with Gasteiger partial charge in [0.2, 0.25) is 0 Å². The Labute approximate surface area is 163 Å². The van der Waals surface area contributed by atoms with Crippen molar-refractivity contribution in [2.24, 2.45) is 0 Å². The Morgan fingerprint density at radius 1 is 0.929 bits per heavy atom. The Bertz CT molecular complexity index is 915. The van der Waals surface area contributed by atoms with E-state index in [2.05, 4.69) is 20.6 Å². The molecule has 144 valence electrons. The average Bonchev–Trinajstić information content (AvgIpc) is 2.76. The quantitative estimate of drug-likeness (QED) is 0.627. The van der Waals surface area contributed by atoms with Gasteiger partial charge in [0.25, 0.3) is 5.91 Å². The molecule has 0 bridgehead atoms. The van der Waals surface area contributed by atoms with Gasteiger partial charge in [-0.2, -0.15) is 0 Å². The van der Waals surface area contributed by atoms with Crippen LogP contribution in [0.2, 0.25) is 0 Å². The van der Waals surface area contributed by atoms with E-state index in [1.54, 1.807) is 44.9 Å². The molecule has 3 rings (SSSR count). The maximum atomic E-state index is 12.4. The lowest BCUT2D eigenvalue weighted by atomic mass is 10.2. The Balaban J connectivity index is 1.54. The molecule has 2 N–H and O–H groups in total. The second kappa shape index (κ2) is 9.36. The molecule has 2 aromatic heterocycles. The van der Waals surface area contributed by atoms with Crippen molar-refractivity contribution in [2.75, 3.05) is 19.5 Å². The fourth-order valence-corrected chi connectivity index (χ4v) is 2.60. The lowest BCUT2D eigenvalue weighted by Crippen LogP contribution is -2.23. The predicted octanol–water partition coefficient (Wildman–Crippen LogP) is 3.04. The molecule has 0 unspecified atom stereocenters. The molecule has 3 aromatic rings. The fourth-order valence-electron chi connectivity index (χ4n) is 2.60. The van der Waals surface area contributed by atoms with Crippen molar-refractivity contribution in [3.05, 3.63) is 77.7 Å².